The van der Waals surface area contributed by atoms with Crippen molar-refractivity contribution in [1.29, 1.82) is 0 Å². The molecule has 0 N–H and O–H groups in total. The van der Waals surface area contributed by atoms with Gasteiger partial charge < -0.3 is 9.64 Å². The summed E-state index contributed by atoms with van der Waals surface area (Å²) in [6, 6.07) is 0. The van der Waals surface area contributed by atoms with Crippen molar-refractivity contribution in [2.75, 3.05) is 27.3 Å². The van der Waals surface area contributed by atoms with E-state index >= 15 is 0 Å². The number of ether oxygens (including phenoxy) is 1. The molecule has 4 heteroatoms. The van der Waals surface area contributed by atoms with E-state index in [1.54, 1.807) is 19.1 Å². The number of nitrogens with zero attached hydrogens (tertiary/aromatic N) is 1. The minimum absolute atomic E-state index is 0.0245. The van der Waals surface area contributed by atoms with Crippen molar-refractivity contribution in [3.05, 3.63) is 0 Å². The molecule has 0 saturated heterocycles. The van der Waals surface area contributed by atoms with E-state index in [2.05, 4.69) is 0 Å². The van der Waals surface area contributed by atoms with Crippen molar-refractivity contribution in [1.82, 2.24) is 4.90 Å². The molecular weight excluding hydrogens is 190 g/mol. The van der Waals surface area contributed by atoms with Crippen LogP contribution >= 0.6 is 11.6 Å². The summed E-state index contributed by atoms with van der Waals surface area (Å²) < 4.78 is 4.87. The monoisotopic (exact) mass is 207 g/mol. The number of hydrogen-bond acceptors (Lipinski definition) is 2. The molecule has 0 heterocycles. The number of rotatable bonds is 5. The van der Waals surface area contributed by atoms with E-state index in [1.165, 1.54) is 0 Å². The summed E-state index contributed by atoms with van der Waals surface area (Å²) in [7, 11) is 3.35. The Labute approximate surface area is 85.0 Å². The Bertz CT molecular complexity index is 162. The maximum Gasteiger partial charge on any atom is 0.224 e. The molecule has 0 aromatic rings. The van der Waals surface area contributed by atoms with E-state index in [0.29, 0.717) is 13.2 Å². The van der Waals surface area contributed by atoms with Crippen molar-refractivity contribution in [3.8, 4) is 0 Å². The quantitative estimate of drug-likeness (QED) is 0.637. The highest BCUT2D eigenvalue weighted by Crippen LogP contribution is 2.03. The molecule has 0 aromatic carbocycles. The van der Waals surface area contributed by atoms with Gasteiger partial charge in [0.1, 0.15) is 0 Å². The summed E-state index contributed by atoms with van der Waals surface area (Å²) in [6.45, 7) is 4.75. The number of carbonyl (C=O) groups excluding carboxylic acids is 1. The first-order chi connectivity index (χ1) is 5.99. The van der Waals surface area contributed by atoms with Crippen LogP contribution in [0, 0.1) is 5.92 Å². The highest BCUT2D eigenvalue weighted by atomic mass is 35.5. The minimum Gasteiger partial charge on any atom is -0.383 e. The Hall–Kier alpha value is -0.280. The molecule has 0 aliphatic heterocycles. The second-order valence-corrected chi connectivity index (χ2v) is 4.04. The van der Waals surface area contributed by atoms with Gasteiger partial charge in [0.25, 0.3) is 0 Å². The zero-order valence-corrected chi connectivity index (χ0v) is 9.47. The molecule has 0 saturated carbocycles. The lowest BCUT2D eigenvalue weighted by atomic mass is 10.2. The van der Waals surface area contributed by atoms with Crippen molar-refractivity contribution in [2.45, 2.75) is 19.2 Å². The minimum atomic E-state index is -0.127. The van der Waals surface area contributed by atoms with Crippen molar-refractivity contribution in [2.24, 2.45) is 5.92 Å². The molecule has 0 aliphatic carbocycles. The van der Waals surface area contributed by atoms with Crippen LogP contribution in [0.15, 0.2) is 0 Å². The first-order valence-electron chi connectivity index (χ1n) is 4.37. The molecule has 3 nitrogen and oxygen atoms in total. The second-order valence-electron chi connectivity index (χ2n) is 3.43. The van der Waals surface area contributed by atoms with Crippen LogP contribution in [-0.2, 0) is 9.53 Å². The summed E-state index contributed by atoms with van der Waals surface area (Å²) in [4.78, 5) is 13.0. The van der Waals surface area contributed by atoms with E-state index < -0.39 is 0 Å². The molecule has 78 valence electrons. The summed E-state index contributed by atoms with van der Waals surface area (Å²) >= 11 is 5.91. The number of hydrogen-bond donors (Lipinski definition) is 0. The molecule has 0 spiro atoms. The van der Waals surface area contributed by atoms with E-state index in [1.807, 2.05) is 13.8 Å². The van der Waals surface area contributed by atoms with E-state index in [0.717, 1.165) is 0 Å². The van der Waals surface area contributed by atoms with Crippen LogP contribution in [0.5, 0.6) is 0 Å². The lowest BCUT2D eigenvalue weighted by molar-refractivity contribution is -0.133. The third-order valence-corrected chi connectivity index (χ3v) is 1.95. The highest BCUT2D eigenvalue weighted by molar-refractivity contribution is 6.21. The molecule has 0 radical (unpaired) electrons. The summed E-state index contributed by atoms with van der Waals surface area (Å²) in [6.07, 6.45) is 0. The van der Waals surface area contributed by atoms with Crippen LogP contribution in [-0.4, -0.2) is 43.5 Å². The van der Waals surface area contributed by atoms with Gasteiger partial charge in [-0.3, -0.25) is 4.79 Å². The molecule has 0 fully saturated rings. The van der Waals surface area contributed by atoms with Gasteiger partial charge in [-0.25, -0.2) is 0 Å². The maximum atomic E-state index is 11.4. The molecule has 1 atom stereocenters. The lowest BCUT2D eigenvalue weighted by Crippen LogP contribution is -2.36. The predicted octanol–water partition coefficient (Wildman–Crippen LogP) is 1.35. The van der Waals surface area contributed by atoms with Gasteiger partial charge in [-0.1, -0.05) is 13.8 Å². The largest absolute Gasteiger partial charge is 0.383 e. The Balaban J connectivity index is 3.85. The van der Waals surface area contributed by atoms with Crippen molar-refractivity contribution >= 4 is 17.5 Å². The average Bonchev–Trinajstić information content (AvgIpc) is 2.03. The Morgan fingerprint density at radius 3 is 2.46 bits per heavy atom. The average molecular weight is 208 g/mol. The van der Waals surface area contributed by atoms with Crippen molar-refractivity contribution in [3.63, 3.8) is 0 Å². The number of methoxy groups -OCH3 is 1. The Morgan fingerprint density at radius 2 is 2.08 bits per heavy atom. The van der Waals surface area contributed by atoms with Crippen LogP contribution in [0.2, 0.25) is 0 Å². The zero-order valence-electron chi connectivity index (χ0n) is 8.71. The van der Waals surface area contributed by atoms with E-state index in [9.17, 15) is 4.79 Å². The predicted molar refractivity (Wildman–Crippen MR) is 54.0 cm³/mol. The van der Waals surface area contributed by atoms with Crippen LogP contribution in [0.25, 0.3) is 0 Å². The van der Waals surface area contributed by atoms with Crippen LogP contribution in [0.1, 0.15) is 13.8 Å². The molecule has 0 bridgehead atoms. The Morgan fingerprint density at radius 1 is 1.54 bits per heavy atom. The third kappa shape index (κ3) is 5.11. The fourth-order valence-electron chi connectivity index (χ4n) is 1.06. The summed E-state index contributed by atoms with van der Waals surface area (Å²) in [5.41, 5.74) is 0. The normalized spacial score (nSPS) is 13.1. The van der Waals surface area contributed by atoms with Crippen molar-refractivity contribution < 1.29 is 9.53 Å². The molecule has 1 amide bonds. The van der Waals surface area contributed by atoms with Gasteiger partial charge in [-0.05, 0) is 0 Å². The second kappa shape index (κ2) is 6.22. The Kier molecular flexibility index (Phi) is 6.08. The number of halogens is 1. The van der Waals surface area contributed by atoms with E-state index in [4.69, 9.17) is 16.3 Å². The topological polar surface area (TPSA) is 29.5 Å². The van der Waals surface area contributed by atoms with Gasteiger partial charge >= 0.3 is 0 Å². The molecule has 0 aliphatic rings. The van der Waals surface area contributed by atoms with Gasteiger partial charge in [-0.2, -0.15) is 0 Å². The van der Waals surface area contributed by atoms with Crippen LogP contribution in [0.3, 0.4) is 0 Å². The lowest BCUT2D eigenvalue weighted by Gasteiger charge is -2.21. The molecular formula is C9H18ClNO2. The standard InChI is InChI=1S/C9H18ClNO2/c1-7(2)9(12)11(3)5-8(10)6-13-4/h7-8H,5-6H2,1-4H3. The van der Waals surface area contributed by atoms with Gasteiger partial charge in [0.05, 0.1) is 12.0 Å². The van der Waals surface area contributed by atoms with Gasteiger partial charge in [0.15, 0.2) is 0 Å². The molecule has 13 heavy (non-hydrogen) atoms. The van der Waals surface area contributed by atoms with Gasteiger partial charge in [0.2, 0.25) is 5.91 Å². The smallest absolute Gasteiger partial charge is 0.224 e. The SMILES string of the molecule is COCC(Cl)CN(C)C(=O)C(C)C. The fourth-order valence-corrected chi connectivity index (χ4v) is 1.39. The zero-order chi connectivity index (χ0) is 10.4. The number of carbonyl (C=O) groups is 1. The van der Waals surface area contributed by atoms with Crippen LogP contribution in [0.4, 0.5) is 0 Å². The number of alkyl halides is 1. The molecule has 0 aromatic heterocycles. The van der Waals surface area contributed by atoms with Crippen LogP contribution < -0.4 is 0 Å². The maximum absolute atomic E-state index is 11.4. The summed E-state index contributed by atoms with van der Waals surface area (Å²) in [5.74, 6) is 0.137. The third-order valence-electron chi connectivity index (χ3n) is 1.69. The van der Waals surface area contributed by atoms with E-state index in [-0.39, 0.29) is 17.2 Å². The molecule has 0 rings (SSSR count). The summed E-state index contributed by atoms with van der Waals surface area (Å²) in [5, 5.41) is -0.127. The first kappa shape index (κ1) is 12.7. The van der Waals surface area contributed by atoms with Gasteiger partial charge in [0, 0.05) is 26.6 Å². The first-order valence-corrected chi connectivity index (χ1v) is 4.80. The van der Waals surface area contributed by atoms with Gasteiger partial charge in [-0.15, -0.1) is 11.6 Å². The highest BCUT2D eigenvalue weighted by Gasteiger charge is 2.15. The molecule has 1 unspecified atom stereocenters. The number of amides is 1. The fraction of sp³-hybridized carbons (Fsp3) is 0.889.